The lowest BCUT2D eigenvalue weighted by molar-refractivity contribution is -0.139. The number of carbonyl (C=O) groups is 1. The lowest BCUT2D eigenvalue weighted by atomic mass is 9.98. The van der Waals surface area contributed by atoms with Crippen LogP contribution in [0, 0.1) is 0 Å². The van der Waals surface area contributed by atoms with Crippen molar-refractivity contribution in [2.24, 2.45) is 0 Å². The molecule has 0 saturated carbocycles. The van der Waals surface area contributed by atoms with Crippen molar-refractivity contribution in [2.45, 2.75) is 216 Å². The number of rotatable bonds is 25. The van der Waals surface area contributed by atoms with E-state index in [-0.39, 0.29) is 30.4 Å². The molecule has 262 valence electrons. The highest BCUT2D eigenvalue weighted by atomic mass is 16.6. The second kappa shape index (κ2) is 21.8. The molecule has 0 aromatic carbocycles. The Bertz CT molecular complexity index is 833. The quantitative estimate of drug-likeness (QED) is 0.0634. The van der Waals surface area contributed by atoms with Gasteiger partial charge in [-0.05, 0) is 45.1 Å². The fourth-order valence-electron chi connectivity index (χ4n) is 7.32. The first-order valence-corrected chi connectivity index (χ1v) is 18.7. The number of aliphatic hydroxyl groups excluding tert-OH is 4. The summed E-state index contributed by atoms with van der Waals surface area (Å²) in [6.45, 7) is 4.07. The molecule has 0 aromatic rings. The third-order valence-electron chi connectivity index (χ3n) is 10.1. The van der Waals surface area contributed by atoms with Gasteiger partial charge in [-0.15, -0.1) is 0 Å². The van der Waals surface area contributed by atoms with Crippen LogP contribution in [0.3, 0.4) is 0 Å². The van der Waals surface area contributed by atoms with Gasteiger partial charge in [-0.3, -0.25) is 0 Å². The minimum atomic E-state index is -0.680. The van der Waals surface area contributed by atoms with Crippen molar-refractivity contribution in [1.82, 2.24) is 0 Å². The molecule has 45 heavy (non-hydrogen) atoms. The van der Waals surface area contributed by atoms with Gasteiger partial charge in [0.05, 0.1) is 42.7 Å². The van der Waals surface area contributed by atoms with E-state index in [2.05, 4.69) is 6.92 Å². The molecule has 0 aromatic heterocycles. The topological polar surface area (TPSA) is 126 Å². The highest BCUT2D eigenvalue weighted by molar-refractivity contribution is 5.90. The molecule has 3 aliphatic heterocycles. The molecule has 9 atom stereocenters. The number of aliphatic hydroxyl groups is 4. The summed E-state index contributed by atoms with van der Waals surface area (Å²) in [7, 11) is 0. The number of carbonyl (C=O) groups excluding carboxylic acids is 1. The van der Waals surface area contributed by atoms with E-state index in [0.29, 0.717) is 31.3 Å². The van der Waals surface area contributed by atoms with Crippen molar-refractivity contribution in [3.8, 4) is 0 Å². The van der Waals surface area contributed by atoms with Gasteiger partial charge in [0.25, 0.3) is 0 Å². The summed E-state index contributed by atoms with van der Waals surface area (Å²) >= 11 is 0. The summed E-state index contributed by atoms with van der Waals surface area (Å²) in [5.41, 5.74) is 0.602. The van der Waals surface area contributed by atoms with Gasteiger partial charge in [0, 0.05) is 18.4 Å². The number of esters is 1. The Morgan fingerprint density at radius 2 is 1.29 bits per heavy atom. The normalized spacial score (nSPS) is 28.8. The van der Waals surface area contributed by atoms with E-state index in [4.69, 9.17) is 14.2 Å². The molecule has 8 nitrogen and oxygen atoms in total. The SMILES string of the molecule is CCCCCCCCCC[C@@H](O)[C@H]1CC[C@H]([C@H]2C[C@@H](O)[C@@H]([C@H](O)CCCCCCCCCC[C@@H](O)CC3=C[C@H](C)OC3=O)O2)O1. The Morgan fingerprint density at radius 1 is 0.733 bits per heavy atom. The first kappa shape index (κ1) is 38.4. The second-order valence-corrected chi connectivity index (χ2v) is 14.2. The molecule has 0 spiro atoms. The molecule has 0 unspecified atom stereocenters. The Hall–Kier alpha value is -1.03. The average Bonchev–Trinajstić information content (AvgIpc) is 3.73. The molecule has 3 rings (SSSR count). The number of unbranched alkanes of at least 4 members (excludes halogenated alkanes) is 14. The fourth-order valence-corrected chi connectivity index (χ4v) is 7.32. The molecule has 2 fully saturated rings. The smallest absolute Gasteiger partial charge is 0.334 e. The molecule has 3 aliphatic rings. The monoisotopic (exact) mass is 638 g/mol. The van der Waals surface area contributed by atoms with Crippen LogP contribution in [-0.2, 0) is 19.0 Å². The van der Waals surface area contributed by atoms with E-state index in [1.807, 2.05) is 6.92 Å². The van der Waals surface area contributed by atoms with Gasteiger partial charge in [0.15, 0.2) is 0 Å². The molecule has 0 radical (unpaired) electrons. The summed E-state index contributed by atoms with van der Waals surface area (Å²) in [5.74, 6) is -0.293. The van der Waals surface area contributed by atoms with Crippen LogP contribution < -0.4 is 0 Å². The predicted molar refractivity (Wildman–Crippen MR) is 177 cm³/mol. The Balaban J connectivity index is 1.16. The van der Waals surface area contributed by atoms with E-state index in [0.717, 1.165) is 77.0 Å². The largest absolute Gasteiger partial charge is 0.455 e. The molecular formula is C37H66O8. The van der Waals surface area contributed by atoms with Crippen LogP contribution >= 0.6 is 0 Å². The van der Waals surface area contributed by atoms with E-state index in [9.17, 15) is 25.2 Å². The van der Waals surface area contributed by atoms with Crippen molar-refractivity contribution < 1.29 is 39.4 Å². The first-order valence-electron chi connectivity index (χ1n) is 18.7. The van der Waals surface area contributed by atoms with E-state index in [1.54, 1.807) is 6.08 Å². The van der Waals surface area contributed by atoms with Crippen molar-refractivity contribution >= 4 is 5.97 Å². The van der Waals surface area contributed by atoms with Crippen molar-refractivity contribution in [3.05, 3.63) is 11.6 Å². The second-order valence-electron chi connectivity index (χ2n) is 14.2. The van der Waals surface area contributed by atoms with Crippen molar-refractivity contribution in [1.29, 1.82) is 0 Å². The lowest BCUT2D eigenvalue weighted by Gasteiger charge is -2.24. The van der Waals surface area contributed by atoms with Gasteiger partial charge >= 0.3 is 5.97 Å². The molecule has 4 N–H and O–H groups in total. The minimum Gasteiger partial charge on any atom is -0.455 e. The summed E-state index contributed by atoms with van der Waals surface area (Å²) in [4.78, 5) is 11.7. The molecular weight excluding hydrogens is 572 g/mol. The standard InChI is InChI=1S/C37H66O8/c1-3-4-5-6-7-11-14-17-20-30(39)33-22-23-34(44-33)35-26-32(41)36(45-35)31(40)21-18-15-12-9-8-10-13-16-19-29(38)25-28-24-27(2)43-37(28)42/h24,27,29-36,38-41H,3-23,25-26H2,1-2H3/t27-,29+,30+,31+,32+,33+,34+,35+,36+/m0/s1. The van der Waals surface area contributed by atoms with Gasteiger partial charge in [-0.1, -0.05) is 110 Å². The van der Waals surface area contributed by atoms with Gasteiger partial charge in [-0.25, -0.2) is 4.79 Å². The van der Waals surface area contributed by atoms with Crippen LogP contribution in [0.4, 0.5) is 0 Å². The molecule has 0 amide bonds. The van der Waals surface area contributed by atoms with Crippen molar-refractivity contribution in [2.75, 3.05) is 0 Å². The number of hydrogen-bond donors (Lipinski definition) is 4. The van der Waals surface area contributed by atoms with Gasteiger partial charge < -0.3 is 34.6 Å². The summed E-state index contributed by atoms with van der Waals surface area (Å²) in [6.07, 6.45) is 21.5. The van der Waals surface area contributed by atoms with E-state index < -0.39 is 30.5 Å². The van der Waals surface area contributed by atoms with Gasteiger partial charge in [0.2, 0.25) is 0 Å². The van der Waals surface area contributed by atoms with Crippen LogP contribution in [0.1, 0.15) is 162 Å². The number of cyclic esters (lactones) is 1. The third kappa shape index (κ3) is 14.3. The Labute approximate surface area is 273 Å². The predicted octanol–water partition coefficient (Wildman–Crippen LogP) is 6.83. The Morgan fingerprint density at radius 3 is 1.87 bits per heavy atom. The fraction of sp³-hybridized carbons (Fsp3) is 0.919. The summed E-state index contributed by atoms with van der Waals surface area (Å²) in [6, 6.07) is 0. The molecule has 0 bridgehead atoms. The maximum Gasteiger partial charge on any atom is 0.334 e. The van der Waals surface area contributed by atoms with Gasteiger partial charge in [-0.2, -0.15) is 0 Å². The van der Waals surface area contributed by atoms with Crippen LogP contribution in [0.5, 0.6) is 0 Å². The van der Waals surface area contributed by atoms with Crippen LogP contribution in [0.25, 0.3) is 0 Å². The minimum absolute atomic E-state index is 0.120. The lowest BCUT2D eigenvalue weighted by Crippen LogP contribution is -2.35. The first-order chi connectivity index (χ1) is 21.8. The molecule has 8 heteroatoms. The third-order valence-corrected chi connectivity index (χ3v) is 10.1. The summed E-state index contributed by atoms with van der Waals surface area (Å²) in [5, 5.41) is 42.3. The van der Waals surface area contributed by atoms with E-state index in [1.165, 1.54) is 44.9 Å². The number of ether oxygens (including phenoxy) is 3. The van der Waals surface area contributed by atoms with Crippen LogP contribution in [-0.4, -0.2) is 81.3 Å². The maximum atomic E-state index is 11.7. The van der Waals surface area contributed by atoms with Gasteiger partial charge in [0.1, 0.15) is 12.2 Å². The van der Waals surface area contributed by atoms with Crippen LogP contribution in [0.15, 0.2) is 11.6 Å². The highest BCUT2D eigenvalue weighted by Crippen LogP contribution is 2.35. The maximum absolute atomic E-state index is 11.7. The highest BCUT2D eigenvalue weighted by Gasteiger charge is 2.45. The molecule has 2 saturated heterocycles. The van der Waals surface area contributed by atoms with Crippen LogP contribution in [0.2, 0.25) is 0 Å². The zero-order valence-electron chi connectivity index (χ0n) is 28.5. The number of hydrogen-bond acceptors (Lipinski definition) is 8. The average molecular weight is 639 g/mol. The van der Waals surface area contributed by atoms with E-state index >= 15 is 0 Å². The zero-order valence-corrected chi connectivity index (χ0v) is 28.5. The molecule has 0 aliphatic carbocycles. The molecule has 3 heterocycles. The zero-order chi connectivity index (χ0) is 32.4. The Kier molecular flexibility index (Phi) is 18.6. The summed E-state index contributed by atoms with van der Waals surface area (Å²) < 4.78 is 17.4. The van der Waals surface area contributed by atoms with Crippen molar-refractivity contribution in [3.63, 3.8) is 0 Å².